The number of hydrogen-bond donors (Lipinski definition) is 2. The molecular formula is C13H22N2O3. The first-order chi connectivity index (χ1) is 8.50. The Hall–Kier alpha value is -1.52. The molecule has 5 nitrogen and oxygen atoms in total. The number of carbonyl (C=O) groups excluding carboxylic acids is 1. The third-order valence-corrected chi connectivity index (χ3v) is 3.17. The molecule has 0 aromatic carbocycles. The number of aliphatic carboxylic acids is 1. The summed E-state index contributed by atoms with van der Waals surface area (Å²) in [5.41, 5.74) is 1.27. The molecule has 0 bridgehead atoms. The van der Waals surface area contributed by atoms with Gasteiger partial charge in [-0.05, 0) is 25.7 Å². The van der Waals surface area contributed by atoms with Crippen molar-refractivity contribution in [1.29, 1.82) is 0 Å². The van der Waals surface area contributed by atoms with E-state index in [4.69, 9.17) is 5.11 Å². The molecule has 2 amide bonds. The Morgan fingerprint density at radius 3 is 2.78 bits per heavy atom. The normalized spacial score (nSPS) is 16.7. The number of amides is 2. The Bertz CT molecular complexity index is 339. The average molecular weight is 254 g/mol. The van der Waals surface area contributed by atoms with Crippen LogP contribution in [0.3, 0.4) is 0 Å². The number of carboxylic acid groups (broad SMARTS) is 1. The van der Waals surface area contributed by atoms with E-state index in [-0.39, 0.29) is 12.6 Å². The zero-order valence-corrected chi connectivity index (χ0v) is 11.1. The third kappa shape index (κ3) is 4.77. The summed E-state index contributed by atoms with van der Waals surface area (Å²) in [7, 11) is 1.62. The second-order valence-corrected chi connectivity index (χ2v) is 4.89. The summed E-state index contributed by atoms with van der Waals surface area (Å²) in [5, 5.41) is 11.6. The molecular weight excluding hydrogens is 232 g/mol. The molecule has 0 fully saturated rings. The van der Waals surface area contributed by atoms with Crippen LogP contribution >= 0.6 is 0 Å². The van der Waals surface area contributed by atoms with Gasteiger partial charge in [-0.2, -0.15) is 0 Å². The maximum atomic E-state index is 11.7. The van der Waals surface area contributed by atoms with Crippen LogP contribution in [0.5, 0.6) is 0 Å². The molecule has 0 spiro atoms. The summed E-state index contributed by atoms with van der Waals surface area (Å²) < 4.78 is 0. The van der Waals surface area contributed by atoms with E-state index >= 15 is 0 Å². The highest BCUT2D eigenvalue weighted by Crippen LogP contribution is 2.16. The molecule has 0 saturated heterocycles. The van der Waals surface area contributed by atoms with Crippen molar-refractivity contribution < 1.29 is 14.7 Å². The molecule has 5 heteroatoms. The smallest absolute Gasteiger partial charge is 0.317 e. The number of rotatable bonds is 5. The topological polar surface area (TPSA) is 69.6 Å². The van der Waals surface area contributed by atoms with Crippen molar-refractivity contribution in [2.24, 2.45) is 5.92 Å². The summed E-state index contributed by atoms with van der Waals surface area (Å²) >= 11 is 0. The minimum Gasteiger partial charge on any atom is -0.481 e. The van der Waals surface area contributed by atoms with Gasteiger partial charge in [0.15, 0.2) is 0 Å². The highest BCUT2D eigenvalue weighted by atomic mass is 16.4. The highest BCUT2D eigenvalue weighted by molar-refractivity contribution is 5.75. The number of carbonyl (C=O) groups is 2. The van der Waals surface area contributed by atoms with Gasteiger partial charge in [0, 0.05) is 20.1 Å². The fraction of sp³-hybridized carbons (Fsp3) is 0.692. The Morgan fingerprint density at radius 2 is 2.22 bits per heavy atom. The van der Waals surface area contributed by atoms with Crippen molar-refractivity contribution in [2.45, 2.75) is 32.6 Å². The average Bonchev–Trinajstić information content (AvgIpc) is 2.36. The van der Waals surface area contributed by atoms with Crippen LogP contribution in [0.2, 0.25) is 0 Å². The monoisotopic (exact) mass is 254 g/mol. The first-order valence-electron chi connectivity index (χ1n) is 6.40. The predicted molar refractivity (Wildman–Crippen MR) is 69.4 cm³/mol. The molecule has 0 radical (unpaired) electrons. The Balaban J connectivity index is 2.31. The summed E-state index contributed by atoms with van der Waals surface area (Å²) in [6.07, 6.45) is 6.75. The first kappa shape index (κ1) is 14.5. The molecule has 1 unspecified atom stereocenters. The lowest BCUT2D eigenvalue weighted by Crippen LogP contribution is -2.41. The lowest BCUT2D eigenvalue weighted by molar-refractivity contribution is -0.141. The van der Waals surface area contributed by atoms with Crippen LogP contribution in [0.1, 0.15) is 32.6 Å². The minimum absolute atomic E-state index is 0.213. The number of nitrogens with one attached hydrogen (secondary N) is 1. The van der Waals surface area contributed by atoms with Crippen molar-refractivity contribution in [2.75, 3.05) is 20.1 Å². The Labute approximate surface area is 108 Å². The largest absolute Gasteiger partial charge is 0.481 e. The zero-order chi connectivity index (χ0) is 13.5. The molecule has 0 saturated carbocycles. The van der Waals surface area contributed by atoms with Crippen LogP contribution in [-0.2, 0) is 4.79 Å². The van der Waals surface area contributed by atoms with E-state index in [1.807, 2.05) is 0 Å². The van der Waals surface area contributed by atoms with Crippen LogP contribution in [-0.4, -0.2) is 42.1 Å². The van der Waals surface area contributed by atoms with Gasteiger partial charge in [0.05, 0.1) is 5.92 Å². The van der Waals surface area contributed by atoms with Crippen LogP contribution in [0.4, 0.5) is 4.79 Å². The molecule has 1 aliphatic carbocycles. The third-order valence-electron chi connectivity index (χ3n) is 3.17. The van der Waals surface area contributed by atoms with E-state index in [0.717, 1.165) is 12.8 Å². The standard InChI is InChI=1S/C13H22N2O3/c1-10(12(16)17)9-15(2)13(18)14-8-11-6-4-3-5-7-11/h6,10H,3-5,7-9H2,1-2H3,(H,14,18)(H,16,17). The van der Waals surface area contributed by atoms with Gasteiger partial charge in [0.25, 0.3) is 0 Å². The van der Waals surface area contributed by atoms with Gasteiger partial charge in [-0.1, -0.05) is 18.6 Å². The van der Waals surface area contributed by atoms with Crippen LogP contribution in [0, 0.1) is 5.92 Å². The molecule has 0 aliphatic heterocycles. The van der Waals surface area contributed by atoms with E-state index in [1.54, 1.807) is 14.0 Å². The molecule has 1 rings (SSSR count). The summed E-state index contributed by atoms with van der Waals surface area (Å²) in [6.45, 7) is 2.39. The molecule has 18 heavy (non-hydrogen) atoms. The van der Waals surface area contributed by atoms with E-state index in [1.165, 1.54) is 23.3 Å². The summed E-state index contributed by atoms with van der Waals surface area (Å²) in [6, 6.07) is -0.213. The van der Waals surface area contributed by atoms with Crippen molar-refractivity contribution >= 4 is 12.0 Å². The van der Waals surface area contributed by atoms with Gasteiger partial charge in [-0.15, -0.1) is 0 Å². The molecule has 0 aromatic rings. The maximum absolute atomic E-state index is 11.7. The number of allylic oxidation sites excluding steroid dienone is 1. The van der Waals surface area contributed by atoms with Crippen LogP contribution in [0.25, 0.3) is 0 Å². The van der Waals surface area contributed by atoms with E-state index in [9.17, 15) is 9.59 Å². The SMILES string of the molecule is CC(CN(C)C(=O)NCC1=CCCCC1)C(=O)O. The number of urea groups is 1. The minimum atomic E-state index is -0.885. The summed E-state index contributed by atoms with van der Waals surface area (Å²) in [4.78, 5) is 23.9. The lowest BCUT2D eigenvalue weighted by atomic mass is 10.00. The maximum Gasteiger partial charge on any atom is 0.317 e. The molecule has 0 aromatic heterocycles. The van der Waals surface area contributed by atoms with Crippen LogP contribution < -0.4 is 5.32 Å². The van der Waals surface area contributed by atoms with Gasteiger partial charge >= 0.3 is 12.0 Å². The van der Waals surface area contributed by atoms with Gasteiger partial charge in [-0.3, -0.25) is 4.79 Å². The van der Waals surface area contributed by atoms with Crippen molar-refractivity contribution in [3.05, 3.63) is 11.6 Å². The van der Waals surface area contributed by atoms with Crippen molar-refractivity contribution in [3.63, 3.8) is 0 Å². The van der Waals surface area contributed by atoms with E-state index in [0.29, 0.717) is 6.54 Å². The second-order valence-electron chi connectivity index (χ2n) is 4.89. The first-order valence-corrected chi connectivity index (χ1v) is 6.40. The fourth-order valence-corrected chi connectivity index (χ4v) is 1.96. The number of carboxylic acids is 1. The predicted octanol–water partition coefficient (Wildman–Crippen LogP) is 1.85. The summed E-state index contributed by atoms with van der Waals surface area (Å²) in [5.74, 6) is -1.43. The number of nitrogens with zero attached hydrogens (tertiary/aromatic N) is 1. The molecule has 1 atom stereocenters. The molecule has 102 valence electrons. The van der Waals surface area contributed by atoms with Crippen molar-refractivity contribution in [3.8, 4) is 0 Å². The Kier molecular flexibility index (Phi) is 5.68. The fourth-order valence-electron chi connectivity index (χ4n) is 1.96. The van der Waals surface area contributed by atoms with Crippen molar-refractivity contribution in [1.82, 2.24) is 10.2 Å². The van der Waals surface area contributed by atoms with Gasteiger partial charge < -0.3 is 15.3 Å². The van der Waals surface area contributed by atoms with Crippen LogP contribution in [0.15, 0.2) is 11.6 Å². The quantitative estimate of drug-likeness (QED) is 0.736. The van der Waals surface area contributed by atoms with Gasteiger partial charge in [0.1, 0.15) is 0 Å². The van der Waals surface area contributed by atoms with E-state index < -0.39 is 11.9 Å². The highest BCUT2D eigenvalue weighted by Gasteiger charge is 2.17. The molecule has 2 N–H and O–H groups in total. The molecule has 1 aliphatic rings. The zero-order valence-electron chi connectivity index (χ0n) is 11.1. The second kappa shape index (κ2) is 7.03. The van der Waals surface area contributed by atoms with E-state index in [2.05, 4.69) is 11.4 Å². The Morgan fingerprint density at radius 1 is 1.50 bits per heavy atom. The van der Waals surface area contributed by atoms with Gasteiger partial charge in [-0.25, -0.2) is 4.79 Å². The lowest BCUT2D eigenvalue weighted by Gasteiger charge is -2.21. The molecule has 0 heterocycles. The number of hydrogen-bond acceptors (Lipinski definition) is 2. The van der Waals surface area contributed by atoms with Gasteiger partial charge in [0.2, 0.25) is 0 Å².